The molecule has 0 saturated heterocycles. The second kappa shape index (κ2) is 3.83. The molecule has 0 aliphatic heterocycles. The van der Waals surface area contributed by atoms with Crippen molar-refractivity contribution in [1.29, 1.82) is 0 Å². The summed E-state index contributed by atoms with van der Waals surface area (Å²) in [7, 11) is -0.458. The van der Waals surface area contributed by atoms with Crippen molar-refractivity contribution < 1.29 is 13.5 Å². The van der Waals surface area contributed by atoms with Crippen LogP contribution in [0.15, 0.2) is 17.0 Å². The van der Waals surface area contributed by atoms with E-state index < -0.39 is 10.0 Å². The number of sulfonamides is 1. The minimum Gasteiger partial charge on any atom is -0.508 e. The van der Waals surface area contributed by atoms with Crippen LogP contribution in [0.25, 0.3) is 0 Å². The quantitative estimate of drug-likeness (QED) is 0.830. The van der Waals surface area contributed by atoms with Gasteiger partial charge in [0.05, 0.1) is 4.90 Å². The zero-order chi connectivity index (χ0) is 11.8. The SMILES string of the molecule is Cc1c(O)ccc(S(=O)(=O)N(C)C)c1C. The highest BCUT2D eigenvalue weighted by Gasteiger charge is 2.21. The lowest BCUT2D eigenvalue weighted by Gasteiger charge is -2.15. The van der Waals surface area contributed by atoms with Crippen LogP contribution >= 0.6 is 0 Å². The summed E-state index contributed by atoms with van der Waals surface area (Å²) in [6.07, 6.45) is 0. The van der Waals surface area contributed by atoms with Gasteiger partial charge in [0.15, 0.2) is 0 Å². The Labute approximate surface area is 90.2 Å². The summed E-state index contributed by atoms with van der Waals surface area (Å²) in [6, 6.07) is 2.83. The Balaban J connectivity index is 3.48. The lowest BCUT2D eigenvalue weighted by Crippen LogP contribution is -2.23. The van der Waals surface area contributed by atoms with Gasteiger partial charge in [-0.15, -0.1) is 0 Å². The van der Waals surface area contributed by atoms with Crippen LogP contribution in [0.4, 0.5) is 0 Å². The number of phenolic OH excluding ortho intramolecular Hbond substituents is 1. The topological polar surface area (TPSA) is 57.6 Å². The van der Waals surface area contributed by atoms with Crippen molar-refractivity contribution in [2.45, 2.75) is 18.7 Å². The zero-order valence-electron chi connectivity index (χ0n) is 9.27. The second-order valence-corrected chi connectivity index (χ2v) is 5.74. The molecule has 0 spiro atoms. The van der Waals surface area contributed by atoms with Gasteiger partial charge in [0.25, 0.3) is 0 Å². The van der Waals surface area contributed by atoms with Crippen molar-refractivity contribution in [1.82, 2.24) is 4.31 Å². The first kappa shape index (κ1) is 12.0. The first-order chi connectivity index (χ1) is 6.78. The van der Waals surface area contributed by atoms with Gasteiger partial charge in [-0.2, -0.15) is 0 Å². The molecule has 4 nitrogen and oxygen atoms in total. The van der Waals surface area contributed by atoms with Gasteiger partial charge in [-0.3, -0.25) is 0 Å². The molecule has 1 N–H and O–H groups in total. The summed E-state index contributed by atoms with van der Waals surface area (Å²) in [6.45, 7) is 3.38. The third-order valence-electron chi connectivity index (χ3n) is 2.47. The fourth-order valence-electron chi connectivity index (χ4n) is 1.26. The van der Waals surface area contributed by atoms with E-state index >= 15 is 0 Å². The maximum atomic E-state index is 11.9. The second-order valence-electron chi connectivity index (χ2n) is 3.62. The molecule has 0 aliphatic rings. The van der Waals surface area contributed by atoms with Crippen molar-refractivity contribution in [3.63, 3.8) is 0 Å². The maximum absolute atomic E-state index is 11.9. The monoisotopic (exact) mass is 229 g/mol. The Kier molecular flexibility index (Phi) is 3.06. The van der Waals surface area contributed by atoms with Crippen molar-refractivity contribution in [3.8, 4) is 5.75 Å². The molecule has 0 bridgehead atoms. The van der Waals surface area contributed by atoms with E-state index in [1.807, 2.05) is 0 Å². The zero-order valence-corrected chi connectivity index (χ0v) is 10.1. The fraction of sp³-hybridized carbons (Fsp3) is 0.400. The molecule has 5 heteroatoms. The van der Waals surface area contributed by atoms with E-state index in [0.29, 0.717) is 11.1 Å². The van der Waals surface area contributed by atoms with Crippen LogP contribution in [0, 0.1) is 13.8 Å². The maximum Gasteiger partial charge on any atom is 0.242 e. The number of nitrogens with zero attached hydrogens (tertiary/aromatic N) is 1. The van der Waals surface area contributed by atoms with E-state index in [4.69, 9.17) is 0 Å². The highest BCUT2D eigenvalue weighted by Crippen LogP contribution is 2.26. The summed E-state index contributed by atoms with van der Waals surface area (Å²) >= 11 is 0. The average Bonchev–Trinajstić information content (AvgIpc) is 2.13. The van der Waals surface area contributed by atoms with Gasteiger partial charge in [0.1, 0.15) is 5.75 Å². The largest absolute Gasteiger partial charge is 0.508 e. The molecule has 0 amide bonds. The molecule has 0 aliphatic carbocycles. The molecule has 1 aromatic carbocycles. The molecular formula is C10H15NO3S. The first-order valence-corrected chi connectivity index (χ1v) is 5.94. The Morgan fingerprint density at radius 2 is 1.67 bits per heavy atom. The Bertz CT molecular complexity index is 478. The average molecular weight is 229 g/mol. The van der Waals surface area contributed by atoms with E-state index in [1.165, 1.54) is 26.2 Å². The lowest BCUT2D eigenvalue weighted by atomic mass is 10.1. The molecule has 1 aromatic rings. The lowest BCUT2D eigenvalue weighted by molar-refractivity contribution is 0.469. The van der Waals surface area contributed by atoms with E-state index in [1.54, 1.807) is 13.8 Å². The number of hydrogen-bond acceptors (Lipinski definition) is 3. The summed E-state index contributed by atoms with van der Waals surface area (Å²) in [4.78, 5) is 0.239. The van der Waals surface area contributed by atoms with E-state index in [2.05, 4.69) is 0 Å². The van der Waals surface area contributed by atoms with Crippen LogP contribution in [0.5, 0.6) is 5.75 Å². The normalized spacial score (nSPS) is 12.1. The van der Waals surface area contributed by atoms with Crippen molar-refractivity contribution in [2.24, 2.45) is 0 Å². The van der Waals surface area contributed by atoms with Crippen LogP contribution in [0.2, 0.25) is 0 Å². The van der Waals surface area contributed by atoms with Gasteiger partial charge in [0, 0.05) is 14.1 Å². The van der Waals surface area contributed by atoms with E-state index in [9.17, 15) is 13.5 Å². The van der Waals surface area contributed by atoms with Gasteiger partial charge in [-0.25, -0.2) is 12.7 Å². The Hall–Kier alpha value is -1.07. The van der Waals surface area contributed by atoms with Crippen molar-refractivity contribution in [2.75, 3.05) is 14.1 Å². The summed E-state index contributed by atoms with van der Waals surface area (Å²) < 4.78 is 24.9. The molecule has 0 saturated carbocycles. The molecule has 0 aromatic heterocycles. The molecule has 84 valence electrons. The predicted octanol–water partition coefficient (Wildman–Crippen LogP) is 1.26. The molecule has 0 fully saturated rings. The van der Waals surface area contributed by atoms with Crippen molar-refractivity contribution in [3.05, 3.63) is 23.3 Å². The summed E-state index contributed by atoms with van der Waals surface area (Å²) in [5, 5.41) is 9.42. The minimum absolute atomic E-state index is 0.116. The van der Waals surface area contributed by atoms with Gasteiger partial charge >= 0.3 is 0 Å². The van der Waals surface area contributed by atoms with Crippen LogP contribution < -0.4 is 0 Å². The predicted molar refractivity (Wildman–Crippen MR) is 58.5 cm³/mol. The number of aromatic hydroxyl groups is 1. The number of hydrogen-bond donors (Lipinski definition) is 1. The van der Waals surface area contributed by atoms with Gasteiger partial charge in [-0.05, 0) is 37.1 Å². The number of benzene rings is 1. The minimum atomic E-state index is -3.42. The Morgan fingerprint density at radius 1 is 1.13 bits per heavy atom. The highest BCUT2D eigenvalue weighted by atomic mass is 32.2. The summed E-state index contributed by atoms with van der Waals surface area (Å²) in [5.74, 6) is 0.116. The fourth-order valence-corrected chi connectivity index (χ4v) is 2.43. The summed E-state index contributed by atoms with van der Waals surface area (Å²) in [5.41, 5.74) is 1.18. The van der Waals surface area contributed by atoms with Crippen LogP contribution in [-0.2, 0) is 10.0 Å². The van der Waals surface area contributed by atoms with E-state index in [-0.39, 0.29) is 10.6 Å². The molecule has 15 heavy (non-hydrogen) atoms. The molecule has 0 unspecified atom stereocenters. The molecule has 0 heterocycles. The smallest absolute Gasteiger partial charge is 0.242 e. The van der Waals surface area contributed by atoms with Crippen molar-refractivity contribution >= 4 is 10.0 Å². The van der Waals surface area contributed by atoms with Gasteiger partial charge in [-0.1, -0.05) is 0 Å². The van der Waals surface area contributed by atoms with Gasteiger partial charge < -0.3 is 5.11 Å². The number of rotatable bonds is 2. The first-order valence-electron chi connectivity index (χ1n) is 4.50. The molecular weight excluding hydrogens is 214 g/mol. The van der Waals surface area contributed by atoms with E-state index in [0.717, 1.165) is 4.31 Å². The third-order valence-corrected chi connectivity index (χ3v) is 4.43. The van der Waals surface area contributed by atoms with Crippen LogP contribution in [-0.4, -0.2) is 31.9 Å². The Morgan fingerprint density at radius 3 is 2.13 bits per heavy atom. The molecule has 1 rings (SSSR count). The molecule has 0 atom stereocenters. The van der Waals surface area contributed by atoms with Gasteiger partial charge in [0.2, 0.25) is 10.0 Å². The standard InChI is InChI=1S/C10H15NO3S/c1-7-8(2)10(6-5-9(7)12)15(13,14)11(3)4/h5-6,12H,1-4H3. The van der Waals surface area contributed by atoms with Crippen LogP contribution in [0.1, 0.15) is 11.1 Å². The highest BCUT2D eigenvalue weighted by molar-refractivity contribution is 7.89. The van der Waals surface area contributed by atoms with Crippen LogP contribution in [0.3, 0.4) is 0 Å². The third kappa shape index (κ3) is 1.98. The number of phenols is 1. The molecule has 0 radical (unpaired) electrons.